The third-order valence-electron chi connectivity index (χ3n) is 6.07. The average molecular weight is 453 g/mol. The molecule has 0 atom stereocenters. The van der Waals surface area contributed by atoms with Crippen LogP contribution in [0, 0.1) is 0 Å². The first-order chi connectivity index (χ1) is 16.2. The van der Waals surface area contributed by atoms with Crippen LogP contribution in [0.5, 0.6) is 0 Å². The highest BCUT2D eigenvalue weighted by Gasteiger charge is 2.33. The summed E-state index contributed by atoms with van der Waals surface area (Å²) >= 11 is 1.23. The van der Waals surface area contributed by atoms with Gasteiger partial charge in [-0.15, -0.1) is 5.10 Å². The molecule has 6 rings (SSSR count). The highest BCUT2D eigenvalue weighted by atomic mass is 32.1. The summed E-state index contributed by atoms with van der Waals surface area (Å²) in [5.41, 5.74) is 2.70. The smallest absolute Gasteiger partial charge is 0.291 e. The van der Waals surface area contributed by atoms with Crippen LogP contribution in [-0.4, -0.2) is 27.0 Å². The van der Waals surface area contributed by atoms with Crippen LogP contribution in [0.4, 0.5) is 5.69 Å². The van der Waals surface area contributed by atoms with Crippen molar-refractivity contribution in [3.63, 3.8) is 0 Å². The quantitative estimate of drug-likeness (QED) is 0.413. The number of benzene rings is 3. The molecule has 6 nitrogen and oxygen atoms in total. The standard InChI is InChI=1S/C26H20N4O2S/c1-2-3-15-29-20-14-7-6-12-19(20)21(24(29)31)22-25(32)30-26(33-22)27-23(28-30)18-13-8-10-16-9-4-5-11-17(16)18/h4-14H,2-3,15H2,1H3. The number of nitrogens with zero attached hydrogens (tertiary/aromatic N) is 4. The lowest BCUT2D eigenvalue weighted by Crippen LogP contribution is -2.33. The van der Waals surface area contributed by atoms with Gasteiger partial charge in [0.25, 0.3) is 11.5 Å². The van der Waals surface area contributed by atoms with Crippen molar-refractivity contribution < 1.29 is 4.79 Å². The van der Waals surface area contributed by atoms with E-state index in [9.17, 15) is 9.59 Å². The average Bonchev–Trinajstić information content (AvgIpc) is 3.47. The Morgan fingerprint density at radius 3 is 2.52 bits per heavy atom. The maximum atomic E-state index is 13.4. The number of amides is 1. The third kappa shape index (κ3) is 3.00. The Morgan fingerprint density at radius 2 is 1.67 bits per heavy atom. The molecule has 0 bridgehead atoms. The second-order valence-corrected chi connectivity index (χ2v) is 9.07. The Morgan fingerprint density at radius 1 is 0.909 bits per heavy atom. The fourth-order valence-corrected chi connectivity index (χ4v) is 5.46. The van der Waals surface area contributed by atoms with Crippen LogP contribution in [-0.2, 0) is 4.79 Å². The number of para-hydroxylation sites is 1. The third-order valence-corrected chi connectivity index (χ3v) is 7.10. The van der Waals surface area contributed by atoms with Crippen LogP contribution >= 0.6 is 11.3 Å². The SMILES string of the molecule is CCCCN1C(=O)C(=c2sc3nc(-c4cccc5ccccc45)nn3c2=O)c2ccccc21. The Labute approximate surface area is 193 Å². The van der Waals surface area contributed by atoms with Crippen molar-refractivity contribution in [3.05, 3.63) is 87.2 Å². The summed E-state index contributed by atoms with van der Waals surface area (Å²) in [5, 5.41) is 6.66. The van der Waals surface area contributed by atoms with Crippen LogP contribution in [0.25, 0.3) is 32.7 Å². The van der Waals surface area contributed by atoms with E-state index in [1.807, 2.05) is 66.7 Å². The predicted molar refractivity (Wildman–Crippen MR) is 132 cm³/mol. The number of aromatic nitrogens is 3. The minimum absolute atomic E-state index is 0.125. The first kappa shape index (κ1) is 19.8. The van der Waals surface area contributed by atoms with E-state index in [0.29, 0.717) is 27.4 Å². The summed E-state index contributed by atoms with van der Waals surface area (Å²) < 4.78 is 1.72. The monoisotopic (exact) mass is 452 g/mol. The lowest BCUT2D eigenvalue weighted by molar-refractivity contribution is -0.113. The number of hydrogen-bond acceptors (Lipinski definition) is 5. The van der Waals surface area contributed by atoms with Gasteiger partial charge in [0.1, 0.15) is 4.53 Å². The summed E-state index contributed by atoms with van der Waals surface area (Å²) in [7, 11) is 0. The van der Waals surface area contributed by atoms with E-state index in [-0.39, 0.29) is 11.5 Å². The van der Waals surface area contributed by atoms with Crippen molar-refractivity contribution in [2.75, 3.05) is 11.4 Å². The van der Waals surface area contributed by atoms with Crippen molar-refractivity contribution in [1.29, 1.82) is 0 Å². The fourth-order valence-electron chi connectivity index (χ4n) is 4.46. The van der Waals surface area contributed by atoms with Gasteiger partial charge in [0.2, 0.25) is 4.96 Å². The van der Waals surface area contributed by atoms with Crippen LogP contribution in [0.1, 0.15) is 25.3 Å². The summed E-state index contributed by atoms with van der Waals surface area (Å²) in [6.07, 6.45) is 1.89. The van der Waals surface area contributed by atoms with Gasteiger partial charge in [-0.1, -0.05) is 85.3 Å². The van der Waals surface area contributed by atoms with Gasteiger partial charge in [-0.25, -0.2) is 0 Å². The number of fused-ring (bicyclic) bond motifs is 3. The summed E-state index contributed by atoms with van der Waals surface area (Å²) in [4.78, 5) is 33.7. The van der Waals surface area contributed by atoms with Crippen LogP contribution in [0.15, 0.2) is 71.5 Å². The fraction of sp³-hybridized carbons (Fsp3) is 0.154. The zero-order valence-electron chi connectivity index (χ0n) is 18.0. The second-order valence-electron chi connectivity index (χ2n) is 8.10. The molecule has 0 fully saturated rings. The Kier molecular flexibility index (Phi) is 4.58. The molecular weight excluding hydrogens is 432 g/mol. The first-order valence-corrected chi connectivity index (χ1v) is 11.8. The van der Waals surface area contributed by atoms with E-state index >= 15 is 0 Å². The van der Waals surface area contributed by atoms with E-state index in [4.69, 9.17) is 0 Å². The predicted octanol–water partition coefficient (Wildman–Crippen LogP) is 4.04. The maximum absolute atomic E-state index is 13.4. The number of carbonyl (C=O) groups excluding carboxylic acids is 1. The molecule has 0 N–H and O–H groups in total. The molecule has 1 aliphatic rings. The Balaban J connectivity index is 1.54. The lowest BCUT2D eigenvalue weighted by Gasteiger charge is -2.16. The molecule has 0 unspecified atom stereocenters. The molecule has 2 aromatic heterocycles. The molecule has 0 saturated carbocycles. The zero-order chi connectivity index (χ0) is 22.5. The largest absolute Gasteiger partial charge is 0.308 e. The molecule has 1 amide bonds. The minimum Gasteiger partial charge on any atom is -0.308 e. The number of unbranched alkanes of at least 4 members (excludes halogenated alkanes) is 1. The van der Waals surface area contributed by atoms with Gasteiger partial charge >= 0.3 is 0 Å². The van der Waals surface area contributed by atoms with E-state index in [1.54, 1.807) is 4.90 Å². The van der Waals surface area contributed by atoms with E-state index < -0.39 is 0 Å². The molecule has 0 aliphatic carbocycles. The van der Waals surface area contributed by atoms with E-state index in [0.717, 1.165) is 40.4 Å². The molecule has 0 saturated heterocycles. The molecular formula is C26H20N4O2S. The maximum Gasteiger partial charge on any atom is 0.291 e. The van der Waals surface area contributed by atoms with Gasteiger partial charge in [-0.3, -0.25) is 9.59 Å². The molecule has 5 aromatic rings. The van der Waals surface area contributed by atoms with Gasteiger partial charge in [0.05, 0.1) is 11.3 Å². The van der Waals surface area contributed by atoms with Crippen LogP contribution < -0.4 is 15.0 Å². The number of hydrogen-bond donors (Lipinski definition) is 0. The van der Waals surface area contributed by atoms with Gasteiger partial charge in [0.15, 0.2) is 5.82 Å². The van der Waals surface area contributed by atoms with Gasteiger partial charge in [-0.05, 0) is 23.3 Å². The van der Waals surface area contributed by atoms with Crippen LogP contribution in [0.3, 0.4) is 0 Å². The highest BCUT2D eigenvalue weighted by Crippen LogP contribution is 2.35. The van der Waals surface area contributed by atoms with Gasteiger partial charge < -0.3 is 4.90 Å². The van der Waals surface area contributed by atoms with Gasteiger partial charge in [0, 0.05) is 17.7 Å². The number of anilines is 1. The summed E-state index contributed by atoms with van der Waals surface area (Å²) in [6, 6.07) is 21.7. The highest BCUT2D eigenvalue weighted by molar-refractivity contribution is 7.15. The van der Waals surface area contributed by atoms with Crippen molar-refractivity contribution in [2.45, 2.75) is 19.8 Å². The van der Waals surface area contributed by atoms with Crippen molar-refractivity contribution >= 4 is 44.2 Å². The molecule has 7 heteroatoms. The van der Waals surface area contributed by atoms with E-state index in [1.165, 1.54) is 15.9 Å². The molecule has 3 heterocycles. The molecule has 3 aromatic carbocycles. The van der Waals surface area contributed by atoms with Crippen molar-refractivity contribution in [3.8, 4) is 11.4 Å². The van der Waals surface area contributed by atoms with Crippen molar-refractivity contribution in [2.24, 2.45) is 0 Å². The molecule has 0 radical (unpaired) electrons. The number of thiazole rings is 1. The Hall–Kier alpha value is -3.84. The molecule has 162 valence electrons. The summed E-state index contributed by atoms with van der Waals surface area (Å²) in [5.74, 6) is 0.384. The zero-order valence-corrected chi connectivity index (χ0v) is 18.8. The lowest BCUT2D eigenvalue weighted by atomic mass is 10.0. The first-order valence-electron chi connectivity index (χ1n) is 11.0. The molecule has 1 aliphatic heterocycles. The summed E-state index contributed by atoms with van der Waals surface area (Å²) in [6.45, 7) is 2.73. The van der Waals surface area contributed by atoms with E-state index in [2.05, 4.69) is 17.0 Å². The normalized spacial score (nSPS) is 15.1. The Bertz CT molecular complexity index is 1660. The van der Waals surface area contributed by atoms with Crippen molar-refractivity contribution in [1.82, 2.24) is 14.6 Å². The van der Waals surface area contributed by atoms with Gasteiger partial charge in [-0.2, -0.15) is 9.50 Å². The van der Waals surface area contributed by atoms with Crippen LogP contribution in [0.2, 0.25) is 0 Å². The topological polar surface area (TPSA) is 67.6 Å². The second kappa shape index (κ2) is 7.64. The number of carbonyl (C=O) groups is 1. The molecule has 0 spiro atoms. The minimum atomic E-state index is -0.301. The number of rotatable bonds is 4. The molecule has 33 heavy (non-hydrogen) atoms.